The molecule has 0 unspecified atom stereocenters. The molecule has 1 aliphatic rings. The third-order valence-corrected chi connectivity index (χ3v) is 3.77. The van der Waals surface area contributed by atoms with Crippen LogP contribution in [0.1, 0.15) is 5.69 Å². The number of para-hydroxylation sites is 2. The number of rotatable bonds is 4. The Morgan fingerprint density at radius 3 is 2.65 bits per heavy atom. The topological polar surface area (TPSA) is 29.4 Å². The summed E-state index contributed by atoms with van der Waals surface area (Å²) >= 11 is 0. The summed E-state index contributed by atoms with van der Waals surface area (Å²) in [4.78, 5) is 2.39. The number of aryl methyl sites for hydroxylation is 1. The van der Waals surface area contributed by atoms with E-state index in [1.807, 2.05) is 0 Å². The predicted molar refractivity (Wildman–Crippen MR) is 82.2 cm³/mol. The number of benzene rings is 1. The molecule has 0 saturated carbocycles. The van der Waals surface area contributed by atoms with Gasteiger partial charge in [-0.05, 0) is 24.3 Å². The highest BCUT2D eigenvalue weighted by atomic mass is 16.5. The summed E-state index contributed by atoms with van der Waals surface area (Å²) in [7, 11) is 2.07. The summed E-state index contributed by atoms with van der Waals surface area (Å²) in [6, 6.07) is 12.7. The van der Waals surface area contributed by atoms with Gasteiger partial charge in [0.25, 0.3) is 0 Å². The van der Waals surface area contributed by atoms with E-state index in [1.165, 1.54) is 17.1 Å². The van der Waals surface area contributed by atoms with E-state index in [-0.39, 0.29) is 0 Å². The summed E-state index contributed by atoms with van der Waals surface area (Å²) in [5.74, 6) is 0. The van der Waals surface area contributed by atoms with Crippen molar-refractivity contribution in [2.45, 2.75) is 6.54 Å². The van der Waals surface area contributed by atoms with Gasteiger partial charge in [-0.3, -0.25) is 0 Å². The zero-order valence-electron chi connectivity index (χ0n) is 11.9. The van der Waals surface area contributed by atoms with Crippen LogP contribution in [-0.4, -0.2) is 30.9 Å². The van der Waals surface area contributed by atoms with Crippen molar-refractivity contribution >= 4 is 11.4 Å². The molecule has 1 saturated heterocycles. The van der Waals surface area contributed by atoms with E-state index in [1.54, 1.807) is 0 Å². The van der Waals surface area contributed by atoms with Crippen LogP contribution >= 0.6 is 0 Å². The molecule has 106 valence electrons. The third-order valence-electron chi connectivity index (χ3n) is 3.77. The summed E-state index contributed by atoms with van der Waals surface area (Å²) in [5.41, 5.74) is 3.74. The Labute approximate surface area is 120 Å². The van der Waals surface area contributed by atoms with Crippen LogP contribution in [0.5, 0.6) is 0 Å². The summed E-state index contributed by atoms with van der Waals surface area (Å²) in [6.45, 7) is 4.38. The van der Waals surface area contributed by atoms with Gasteiger partial charge in [-0.25, -0.2) is 0 Å². The maximum atomic E-state index is 5.43. The van der Waals surface area contributed by atoms with Gasteiger partial charge in [0.15, 0.2) is 0 Å². The number of anilines is 2. The molecule has 0 amide bonds. The monoisotopic (exact) mass is 271 g/mol. The minimum absolute atomic E-state index is 0.812. The fourth-order valence-electron chi connectivity index (χ4n) is 2.57. The molecule has 1 aliphatic heterocycles. The van der Waals surface area contributed by atoms with E-state index in [0.29, 0.717) is 0 Å². The first-order chi connectivity index (χ1) is 9.84. The van der Waals surface area contributed by atoms with E-state index in [9.17, 15) is 0 Å². The number of aromatic nitrogens is 1. The number of nitrogens with one attached hydrogen (secondary N) is 1. The van der Waals surface area contributed by atoms with Gasteiger partial charge in [-0.1, -0.05) is 12.1 Å². The van der Waals surface area contributed by atoms with Crippen molar-refractivity contribution in [2.75, 3.05) is 36.5 Å². The SMILES string of the molecule is Cn1cccc1CNc1ccccc1N1CCOCC1. The fraction of sp³-hybridized carbons (Fsp3) is 0.375. The molecule has 1 N–H and O–H groups in total. The molecule has 0 aliphatic carbocycles. The summed E-state index contributed by atoms with van der Waals surface area (Å²) in [6.07, 6.45) is 2.07. The van der Waals surface area contributed by atoms with Crippen molar-refractivity contribution in [3.05, 3.63) is 48.3 Å². The van der Waals surface area contributed by atoms with Crippen LogP contribution in [0.3, 0.4) is 0 Å². The molecule has 1 aromatic heterocycles. The van der Waals surface area contributed by atoms with E-state index >= 15 is 0 Å². The van der Waals surface area contributed by atoms with Crippen LogP contribution in [0.4, 0.5) is 11.4 Å². The maximum Gasteiger partial charge on any atom is 0.0642 e. The molecular weight excluding hydrogens is 250 g/mol. The Morgan fingerprint density at radius 1 is 1.10 bits per heavy atom. The Bertz CT molecular complexity index is 558. The van der Waals surface area contributed by atoms with Crippen molar-refractivity contribution in [3.63, 3.8) is 0 Å². The lowest BCUT2D eigenvalue weighted by Crippen LogP contribution is -2.36. The molecular formula is C16H21N3O. The standard InChI is InChI=1S/C16H21N3O/c1-18-8-4-5-14(18)13-17-15-6-2-3-7-16(15)19-9-11-20-12-10-19/h2-8,17H,9-13H2,1H3. The Kier molecular flexibility index (Phi) is 3.92. The molecule has 1 fully saturated rings. The zero-order chi connectivity index (χ0) is 13.8. The maximum absolute atomic E-state index is 5.43. The molecule has 2 aromatic rings. The first-order valence-corrected chi connectivity index (χ1v) is 7.10. The van der Waals surface area contributed by atoms with Crippen LogP contribution in [0.2, 0.25) is 0 Å². The highest BCUT2D eigenvalue weighted by Crippen LogP contribution is 2.26. The molecule has 4 heteroatoms. The Morgan fingerprint density at radius 2 is 1.90 bits per heavy atom. The second-order valence-corrected chi connectivity index (χ2v) is 5.08. The smallest absolute Gasteiger partial charge is 0.0642 e. The minimum Gasteiger partial charge on any atom is -0.378 e. The minimum atomic E-state index is 0.812. The molecule has 0 atom stereocenters. The Balaban J connectivity index is 1.74. The van der Waals surface area contributed by atoms with Crippen molar-refractivity contribution in [1.29, 1.82) is 0 Å². The lowest BCUT2D eigenvalue weighted by molar-refractivity contribution is 0.123. The molecule has 20 heavy (non-hydrogen) atoms. The van der Waals surface area contributed by atoms with Crippen LogP contribution in [-0.2, 0) is 18.3 Å². The quantitative estimate of drug-likeness (QED) is 0.926. The third kappa shape index (κ3) is 2.80. The molecule has 0 radical (unpaired) electrons. The van der Waals surface area contributed by atoms with E-state index in [0.717, 1.165) is 32.8 Å². The molecule has 0 spiro atoms. The number of nitrogens with zero attached hydrogens (tertiary/aromatic N) is 2. The molecule has 0 bridgehead atoms. The van der Waals surface area contributed by atoms with E-state index in [4.69, 9.17) is 4.74 Å². The number of hydrogen-bond donors (Lipinski definition) is 1. The van der Waals surface area contributed by atoms with Crippen LogP contribution in [0, 0.1) is 0 Å². The summed E-state index contributed by atoms with van der Waals surface area (Å²) < 4.78 is 7.57. The first-order valence-electron chi connectivity index (χ1n) is 7.10. The fourth-order valence-corrected chi connectivity index (χ4v) is 2.57. The molecule has 3 rings (SSSR count). The van der Waals surface area contributed by atoms with Crippen LogP contribution in [0.15, 0.2) is 42.6 Å². The lowest BCUT2D eigenvalue weighted by atomic mass is 10.2. The average molecular weight is 271 g/mol. The highest BCUT2D eigenvalue weighted by Gasteiger charge is 2.14. The molecule has 4 nitrogen and oxygen atoms in total. The largest absolute Gasteiger partial charge is 0.378 e. The normalized spacial score (nSPS) is 15.3. The van der Waals surface area contributed by atoms with Gasteiger partial charge in [0, 0.05) is 32.0 Å². The predicted octanol–water partition coefficient (Wildman–Crippen LogP) is 2.47. The van der Waals surface area contributed by atoms with Crippen molar-refractivity contribution in [1.82, 2.24) is 4.57 Å². The second kappa shape index (κ2) is 6.01. The van der Waals surface area contributed by atoms with Gasteiger partial charge in [-0.15, -0.1) is 0 Å². The van der Waals surface area contributed by atoms with Gasteiger partial charge in [-0.2, -0.15) is 0 Å². The van der Waals surface area contributed by atoms with Crippen molar-refractivity contribution in [3.8, 4) is 0 Å². The Hall–Kier alpha value is -1.94. The van der Waals surface area contributed by atoms with Crippen LogP contribution in [0.25, 0.3) is 0 Å². The van der Waals surface area contributed by atoms with E-state index < -0.39 is 0 Å². The van der Waals surface area contributed by atoms with Crippen molar-refractivity contribution < 1.29 is 4.74 Å². The zero-order valence-corrected chi connectivity index (χ0v) is 11.9. The number of hydrogen-bond acceptors (Lipinski definition) is 3. The van der Waals surface area contributed by atoms with Crippen LogP contribution < -0.4 is 10.2 Å². The van der Waals surface area contributed by atoms with E-state index in [2.05, 4.69) is 64.4 Å². The van der Waals surface area contributed by atoms with Gasteiger partial charge in [0.2, 0.25) is 0 Å². The first kappa shape index (κ1) is 13.1. The van der Waals surface area contributed by atoms with Gasteiger partial charge in [0.05, 0.1) is 31.1 Å². The molecule has 1 aromatic carbocycles. The van der Waals surface area contributed by atoms with Gasteiger partial charge in [0.1, 0.15) is 0 Å². The summed E-state index contributed by atoms with van der Waals surface area (Å²) in [5, 5.41) is 3.55. The molecule has 2 heterocycles. The van der Waals surface area contributed by atoms with Crippen molar-refractivity contribution in [2.24, 2.45) is 7.05 Å². The van der Waals surface area contributed by atoms with Gasteiger partial charge < -0.3 is 19.5 Å². The van der Waals surface area contributed by atoms with Gasteiger partial charge >= 0.3 is 0 Å². The second-order valence-electron chi connectivity index (χ2n) is 5.08. The lowest BCUT2D eigenvalue weighted by Gasteiger charge is -2.30. The number of morpholine rings is 1. The average Bonchev–Trinajstić information content (AvgIpc) is 2.92. The highest BCUT2D eigenvalue weighted by molar-refractivity contribution is 5.70. The number of ether oxygens (including phenoxy) is 1.